The molecule has 0 aliphatic heterocycles. The van der Waals surface area contributed by atoms with E-state index in [0.717, 1.165) is 6.42 Å². The fraction of sp³-hybridized carbons (Fsp3) is 0.280. The summed E-state index contributed by atoms with van der Waals surface area (Å²) in [4.78, 5) is 0. The van der Waals surface area contributed by atoms with Crippen molar-refractivity contribution in [3.63, 3.8) is 0 Å². The fourth-order valence-corrected chi connectivity index (χ4v) is 2.82. The Kier molecular flexibility index (Phi) is 13.5. The molecule has 3 aromatic rings. The SMILES string of the molecule is CC[C](=[Ti+2])CC.Cc1ccc2[cH-]c3ccc(C)cc3c2c1.[C-]1=CC=CC1.[Cl-].[Cl-]. The van der Waals surface area contributed by atoms with Crippen molar-refractivity contribution in [2.75, 3.05) is 0 Å². The average Bonchev–Trinajstić information content (AvgIpc) is 3.33. The van der Waals surface area contributed by atoms with Crippen molar-refractivity contribution in [2.24, 2.45) is 0 Å². The van der Waals surface area contributed by atoms with Gasteiger partial charge in [0.05, 0.1) is 0 Å². The summed E-state index contributed by atoms with van der Waals surface area (Å²) in [5.74, 6) is 0. The quantitative estimate of drug-likeness (QED) is 0.409. The van der Waals surface area contributed by atoms with Gasteiger partial charge in [-0.3, -0.25) is 6.08 Å². The maximum absolute atomic E-state index is 2.99. The normalized spacial score (nSPS) is 11.1. The van der Waals surface area contributed by atoms with E-state index in [0.29, 0.717) is 0 Å². The summed E-state index contributed by atoms with van der Waals surface area (Å²) in [7, 11) is 0. The predicted octanol–water partition coefficient (Wildman–Crippen LogP) is 1.17. The third kappa shape index (κ3) is 8.14. The van der Waals surface area contributed by atoms with E-state index in [1.165, 1.54) is 45.5 Å². The van der Waals surface area contributed by atoms with Crippen LogP contribution in [-0.2, 0) is 20.0 Å². The molecule has 0 aromatic heterocycles. The van der Waals surface area contributed by atoms with E-state index in [1.54, 1.807) is 3.81 Å². The Morgan fingerprint density at radius 2 is 1.43 bits per heavy atom. The minimum atomic E-state index is 0. The van der Waals surface area contributed by atoms with Crippen molar-refractivity contribution in [1.29, 1.82) is 0 Å². The number of allylic oxidation sites excluding steroid dienone is 4. The molecule has 0 radical (unpaired) electrons. The summed E-state index contributed by atoms with van der Waals surface area (Å²) in [5.41, 5.74) is 2.66. The Morgan fingerprint density at radius 3 is 1.71 bits per heavy atom. The van der Waals surface area contributed by atoms with Gasteiger partial charge in [-0.25, -0.2) is 12.2 Å². The molecule has 0 N–H and O–H groups in total. The van der Waals surface area contributed by atoms with Crippen molar-refractivity contribution in [3.8, 4) is 0 Å². The van der Waals surface area contributed by atoms with Crippen molar-refractivity contribution in [2.45, 2.75) is 47.0 Å². The molecule has 0 saturated carbocycles. The van der Waals surface area contributed by atoms with Gasteiger partial charge < -0.3 is 24.8 Å². The smallest absolute Gasteiger partial charge is 0.0410 e. The van der Waals surface area contributed by atoms with Crippen LogP contribution in [0.5, 0.6) is 0 Å². The van der Waals surface area contributed by atoms with Gasteiger partial charge in [-0.2, -0.15) is 6.08 Å². The first-order valence-corrected chi connectivity index (χ1v) is 10.2. The van der Waals surface area contributed by atoms with Crippen molar-refractivity contribution >= 4 is 25.4 Å². The third-order valence-electron chi connectivity index (χ3n) is 4.46. The van der Waals surface area contributed by atoms with Gasteiger partial charge in [0.1, 0.15) is 0 Å². The number of aryl methyl sites for hydroxylation is 2. The van der Waals surface area contributed by atoms with E-state index in [-0.39, 0.29) is 24.8 Å². The van der Waals surface area contributed by atoms with Crippen molar-refractivity contribution in [3.05, 3.63) is 77.9 Å². The minimum absolute atomic E-state index is 0. The molecule has 0 heterocycles. The second-order valence-corrected chi connectivity index (χ2v) is 7.74. The zero-order chi connectivity index (χ0) is 18.9. The maximum atomic E-state index is 2.99. The van der Waals surface area contributed by atoms with Crippen LogP contribution in [0.2, 0.25) is 0 Å². The van der Waals surface area contributed by atoms with Crippen LogP contribution < -0.4 is 24.8 Å². The Balaban J connectivity index is 0.000000473. The zero-order valence-corrected chi connectivity index (χ0v) is 20.2. The van der Waals surface area contributed by atoms with Crippen LogP contribution in [0.3, 0.4) is 0 Å². The van der Waals surface area contributed by atoms with Crippen LogP contribution in [0.4, 0.5) is 0 Å². The minimum Gasteiger partial charge on any atom is -1.00 e. The van der Waals surface area contributed by atoms with E-state index >= 15 is 0 Å². The van der Waals surface area contributed by atoms with Gasteiger partial charge in [-0.05, 0) is 13.8 Å². The molecule has 0 unspecified atom stereocenters. The average molecular weight is 447 g/mol. The topological polar surface area (TPSA) is 0 Å². The zero-order valence-electron chi connectivity index (χ0n) is 17.2. The molecule has 1 aliphatic carbocycles. The van der Waals surface area contributed by atoms with Gasteiger partial charge in [0.15, 0.2) is 0 Å². The van der Waals surface area contributed by atoms with Crippen LogP contribution in [0.1, 0.15) is 44.2 Å². The Labute approximate surface area is 194 Å². The van der Waals surface area contributed by atoms with Crippen molar-refractivity contribution in [1.82, 2.24) is 0 Å². The summed E-state index contributed by atoms with van der Waals surface area (Å²) in [5, 5.41) is 5.46. The first kappa shape index (κ1) is 27.0. The Morgan fingerprint density at radius 1 is 0.929 bits per heavy atom. The number of rotatable bonds is 2. The summed E-state index contributed by atoms with van der Waals surface area (Å²) < 4.78 is 1.59. The van der Waals surface area contributed by atoms with Crippen LogP contribution in [0.25, 0.3) is 21.5 Å². The molecule has 4 rings (SSSR count). The molecule has 0 fully saturated rings. The second kappa shape index (κ2) is 14.0. The van der Waals surface area contributed by atoms with Gasteiger partial charge in [0, 0.05) is 0 Å². The molecule has 3 aromatic carbocycles. The molecule has 0 amide bonds. The molecule has 148 valence electrons. The van der Waals surface area contributed by atoms with Gasteiger partial charge in [0.25, 0.3) is 0 Å². The van der Waals surface area contributed by atoms with E-state index in [4.69, 9.17) is 0 Å². The van der Waals surface area contributed by atoms with Crippen molar-refractivity contribution < 1.29 is 44.8 Å². The number of fused-ring (bicyclic) bond motifs is 3. The molecule has 0 saturated heterocycles. The molecule has 0 nitrogen and oxygen atoms in total. The molecular formula is C25H28Cl2Ti-2. The molecule has 28 heavy (non-hydrogen) atoms. The van der Waals surface area contributed by atoms with Crippen LogP contribution in [-0.4, -0.2) is 3.81 Å². The maximum Gasteiger partial charge on any atom is -0.0410 e. The molecular weight excluding hydrogens is 419 g/mol. The Bertz CT molecular complexity index is 860. The fourth-order valence-electron chi connectivity index (χ4n) is 2.82. The molecule has 0 spiro atoms. The first-order chi connectivity index (χ1) is 12.5. The van der Waals surface area contributed by atoms with E-state index < -0.39 is 0 Å². The third-order valence-corrected chi connectivity index (χ3v) is 5.56. The van der Waals surface area contributed by atoms with Gasteiger partial charge in [-0.15, -0.1) is 46.2 Å². The number of hydrogen-bond donors (Lipinski definition) is 0. The molecule has 1 aliphatic rings. The van der Waals surface area contributed by atoms with E-state index in [9.17, 15) is 0 Å². The van der Waals surface area contributed by atoms with E-state index in [1.807, 2.05) is 12.2 Å². The summed E-state index contributed by atoms with van der Waals surface area (Å²) in [6.07, 6.45) is 12.5. The van der Waals surface area contributed by atoms with Crippen LogP contribution in [0.15, 0.2) is 60.7 Å². The monoisotopic (exact) mass is 446 g/mol. The number of hydrogen-bond acceptors (Lipinski definition) is 0. The first-order valence-electron chi connectivity index (χ1n) is 9.39. The van der Waals surface area contributed by atoms with Gasteiger partial charge in [0.2, 0.25) is 0 Å². The van der Waals surface area contributed by atoms with Gasteiger partial charge >= 0.3 is 50.5 Å². The number of benzene rings is 2. The molecule has 0 bridgehead atoms. The molecule has 3 heteroatoms. The standard InChI is InChI=1S/C15H13.C5H5.C5H10.2ClH.Ti/c1-10-3-5-12-9-13-6-4-11(2)8-15(13)14(12)7-10;1-2-4-5-3-1;1-3-5-4-2;;;/h3-9H,1-2H3;1-3H,4H2;3-4H2,1-2H3;2*1H;/q2*-1;;;;+2/p-2. The van der Waals surface area contributed by atoms with Crippen LogP contribution in [0, 0.1) is 19.9 Å². The van der Waals surface area contributed by atoms with Crippen LogP contribution >= 0.6 is 0 Å². The molecule has 0 atom stereocenters. The predicted molar refractivity (Wildman–Crippen MR) is 114 cm³/mol. The summed E-state index contributed by atoms with van der Waals surface area (Å²) in [6.45, 7) is 8.68. The second-order valence-electron chi connectivity index (χ2n) is 6.64. The number of halogens is 2. The summed E-state index contributed by atoms with van der Waals surface area (Å²) in [6, 6.07) is 15.6. The van der Waals surface area contributed by atoms with Gasteiger partial charge in [-0.1, -0.05) is 35.4 Å². The Hall–Kier alpha value is -1.05. The van der Waals surface area contributed by atoms with E-state index in [2.05, 4.69) is 102 Å². The largest absolute Gasteiger partial charge is 1.00 e. The summed E-state index contributed by atoms with van der Waals surface area (Å²) >= 11 is 2.19.